The third-order valence-corrected chi connectivity index (χ3v) is 3.45. The third-order valence-electron chi connectivity index (χ3n) is 3.45. The molecule has 0 saturated heterocycles. The van der Waals surface area contributed by atoms with Gasteiger partial charge in [-0.3, -0.25) is 0 Å². The van der Waals surface area contributed by atoms with Crippen molar-refractivity contribution >= 4 is 12.0 Å². The number of hydrogen-bond donors (Lipinski definition) is 1. The van der Waals surface area contributed by atoms with Gasteiger partial charge in [-0.2, -0.15) is 5.26 Å². The molecule has 6 heteroatoms. The van der Waals surface area contributed by atoms with Crippen molar-refractivity contribution < 1.29 is 24.1 Å². The van der Waals surface area contributed by atoms with Crippen LogP contribution < -0.4 is 14.2 Å². The first kappa shape index (κ1) is 18.9. The van der Waals surface area contributed by atoms with E-state index in [1.54, 1.807) is 24.3 Å². The molecule has 0 aromatic heterocycles. The summed E-state index contributed by atoms with van der Waals surface area (Å²) in [5.74, 6) is 0.446. The number of nitriles is 1. The molecule has 2 aromatic rings. The molecule has 1 N–H and O–H groups in total. The number of carbonyl (C=O) groups is 1. The summed E-state index contributed by atoms with van der Waals surface area (Å²) < 4.78 is 16.6. The van der Waals surface area contributed by atoms with Gasteiger partial charge in [-0.15, -0.1) is 0 Å². The monoisotopic (exact) mass is 353 g/mol. The Bertz CT molecular complexity index is 852. The minimum Gasteiger partial charge on any atom is -0.493 e. The molecule has 0 aliphatic heterocycles. The zero-order valence-corrected chi connectivity index (χ0v) is 14.6. The Morgan fingerprint density at radius 3 is 2.58 bits per heavy atom. The van der Waals surface area contributed by atoms with E-state index >= 15 is 0 Å². The highest BCUT2D eigenvalue weighted by Gasteiger charge is 2.09. The van der Waals surface area contributed by atoms with E-state index in [1.807, 2.05) is 31.2 Å². The Hall–Kier alpha value is -3.46. The number of rotatable bonds is 8. The minimum absolute atomic E-state index is 0.318. The highest BCUT2D eigenvalue weighted by Crippen LogP contribution is 2.29. The zero-order valence-electron chi connectivity index (χ0n) is 14.6. The second-order valence-electron chi connectivity index (χ2n) is 5.40. The van der Waals surface area contributed by atoms with Crippen molar-refractivity contribution in [2.45, 2.75) is 6.92 Å². The van der Waals surface area contributed by atoms with Crippen LogP contribution in [0.25, 0.3) is 6.08 Å². The smallest absolute Gasteiger partial charge is 0.346 e. The van der Waals surface area contributed by atoms with Crippen LogP contribution in [0.1, 0.15) is 11.1 Å². The SMILES string of the molecule is COc1cc(C=C(C#N)C(=O)O)ccc1OCCOc1cccc(C)c1. The first-order valence-corrected chi connectivity index (χ1v) is 7.89. The van der Waals surface area contributed by atoms with Crippen molar-refractivity contribution in [1.29, 1.82) is 5.26 Å². The lowest BCUT2D eigenvalue weighted by atomic mass is 10.1. The van der Waals surface area contributed by atoms with E-state index in [0.717, 1.165) is 11.3 Å². The molecule has 0 saturated carbocycles. The van der Waals surface area contributed by atoms with Crippen LogP contribution in [0.2, 0.25) is 0 Å². The first-order chi connectivity index (χ1) is 12.5. The molecule has 0 fully saturated rings. The van der Waals surface area contributed by atoms with E-state index in [-0.39, 0.29) is 5.57 Å². The van der Waals surface area contributed by atoms with Gasteiger partial charge in [0.25, 0.3) is 0 Å². The van der Waals surface area contributed by atoms with Crippen LogP contribution in [0.15, 0.2) is 48.0 Å². The van der Waals surface area contributed by atoms with Gasteiger partial charge < -0.3 is 19.3 Å². The number of hydrogen-bond acceptors (Lipinski definition) is 5. The molecular weight excluding hydrogens is 334 g/mol. The van der Waals surface area contributed by atoms with Gasteiger partial charge in [0, 0.05) is 0 Å². The fraction of sp³-hybridized carbons (Fsp3) is 0.200. The lowest BCUT2D eigenvalue weighted by Crippen LogP contribution is -2.09. The quantitative estimate of drug-likeness (QED) is 0.444. The summed E-state index contributed by atoms with van der Waals surface area (Å²) in [6, 6.07) is 14.3. The number of methoxy groups -OCH3 is 1. The summed E-state index contributed by atoms with van der Waals surface area (Å²) in [7, 11) is 1.49. The van der Waals surface area contributed by atoms with E-state index in [0.29, 0.717) is 30.3 Å². The van der Waals surface area contributed by atoms with E-state index in [4.69, 9.17) is 24.6 Å². The Labute approximate surface area is 151 Å². The molecule has 0 aliphatic rings. The van der Waals surface area contributed by atoms with Gasteiger partial charge in [-0.25, -0.2) is 4.79 Å². The lowest BCUT2D eigenvalue weighted by Gasteiger charge is -2.12. The molecule has 2 rings (SSSR count). The van der Waals surface area contributed by atoms with Gasteiger partial charge in [0.2, 0.25) is 0 Å². The summed E-state index contributed by atoms with van der Waals surface area (Å²) in [6.07, 6.45) is 1.27. The molecule has 6 nitrogen and oxygen atoms in total. The molecule has 0 aliphatic carbocycles. The predicted molar refractivity (Wildman–Crippen MR) is 96.4 cm³/mol. The fourth-order valence-corrected chi connectivity index (χ4v) is 2.22. The van der Waals surface area contributed by atoms with Crippen LogP contribution in [0, 0.1) is 18.3 Å². The Kier molecular flexibility index (Phi) is 6.63. The molecule has 0 heterocycles. The molecule has 0 spiro atoms. The summed E-state index contributed by atoms with van der Waals surface area (Å²) >= 11 is 0. The average molecular weight is 353 g/mol. The fourth-order valence-electron chi connectivity index (χ4n) is 2.22. The van der Waals surface area contributed by atoms with Crippen LogP contribution in [0.4, 0.5) is 0 Å². The predicted octanol–water partition coefficient (Wildman–Crippen LogP) is 3.45. The first-order valence-electron chi connectivity index (χ1n) is 7.89. The number of aryl methyl sites for hydroxylation is 1. The standard InChI is InChI=1S/C20H19NO5/c1-14-4-3-5-17(10-14)25-8-9-26-18-7-6-15(12-19(18)24-2)11-16(13-21)20(22)23/h3-7,10-12H,8-9H2,1-2H3,(H,22,23). The van der Waals surface area contributed by atoms with Crippen molar-refractivity contribution in [2.75, 3.05) is 20.3 Å². The van der Waals surface area contributed by atoms with E-state index in [9.17, 15) is 4.79 Å². The van der Waals surface area contributed by atoms with Gasteiger partial charge in [0.15, 0.2) is 11.5 Å². The largest absolute Gasteiger partial charge is 0.493 e. The molecule has 2 aromatic carbocycles. The molecule has 0 unspecified atom stereocenters. The molecule has 134 valence electrons. The van der Waals surface area contributed by atoms with Crippen LogP contribution in [0.5, 0.6) is 17.2 Å². The topological polar surface area (TPSA) is 88.8 Å². The zero-order chi connectivity index (χ0) is 18.9. The molecule has 0 bridgehead atoms. The number of ether oxygens (including phenoxy) is 3. The Morgan fingerprint density at radius 2 is 1.92 bits per heavy atom. The molecular formula is C20H19NO5. The Balaban J connectivity index is 1.99. The number of nitrogens with zero attached hydrogens (tertiary/aromatic N) is 1. The van der Waals surface area contributed by atoms with Gasteiger partial charge in [0.05, 0.1) is 7.11 Å². The van der Waals surface area contributed by atoms with Gasteiger partial charge in [0.1, 0.15) is 30.6 Å². The van der Waals surface area contributed by atoms with Crippen molar-refractivity contribution in [3.63, 3.8) is 0 Å². The van der Waals surface area contributed by atoms with E-state index < -0.39 is 5.97 Å². The second kappa shape index (κ2) is 9.14. The summed E-state index contributed by atoms with van der Waals surface area (Å²) in [5, 5.41) is 17.7. The summed E-state index contributed by atoms with van der Waals surface area (Å²) in [6.45, 7) is 2.68. The maximum Gasteiger partial charge on any atom is 0.346 e. The van der Waals surface area contributed by atoms with Crippen molar-refractivity contribution in [3.05, 3.63) is 59.2 Å². The van der Waals surface area contributed by atoms with E-state index in [1.165, 1.54) is 13.2 Å². The van der Waals surface area contributed by atoms with Crippen molar-refractivity contribution in [2.24, 2.45) is 0 Å². The molecule has 0 radical (unpaired) electrons. The van der Waals surface area contributed by atoms with Crippen LogP contribution in [0.3, 0.4) is 0 Å². The van der Waals surface area contributed by atoms with Gasteiger partial charge in [-0.05, 0) is 48.4 Å². The van der Waals surface area contributed by atoms with Crippen LogP contribution in [-0.4, -0.2) is 31.4 Å². The maximum atomic E-state index is 10.9. The summed E-state index contributed by atoms with van der Waals surface area (Å²) in [5.41, 5.74) is 1.29. The minimum atomic E-state index is -1.28. The summed E-state index contributed by atoms with van der Waals surface area (Å²) in [4.78, 5) is 10.9. The second-order valence-corrected chi connectivity index (χ2v) is 5.40. The van der Waals surface area contributed by atoms with Gasteiger partial charge in [-0.1, -0.05) is 18.2 Å². The van der Waals surface area contributed by atoms with Gasteiger partial charge >= 0.3 is 5.97 Å². The molecule has 0 amide bonds. The lowest BCUT2D eigenvalue weighted by molar-refractivity contribution is -0.132. The number of benzene rings is 2. The number of aliphatic carboxylic acids is 1. The molecule has 0 atom stereocenters. The highest BCUT2D eigenvalue weighted by atomic mass is 16.5. The normalized spacial score (nSPS) is 10.7. The van der Waals surface area contributed by atoms with Crippen LogP contribution >= 0.6 is 0 Å². The van der Waals surface area contributed by atoms with Crippen molar-refractivity contribution in [3.8, 4) is 23.3 Å². The van der Waals surface area contributed by atoms with Crippen molar-refractivity contribution in [1.82, 2.24) is 0 Å². The maximum absolute atomic E-state index is 10.9. The van der Waals surface area contributed by atoms with E-state index in [2.05, 4.69) is 0 Å². The number of carboxylic acids is 1. The Morgan fingerprint density at radius 1 is 1.15 bits per heavy atom. The number of carboxylic acid groups (broad SMARTS) is 1. The highest BCUT2D eigenvalue weighted by molar-refractivity contribution is 5.96. The average Bonchev–Trinajstić information content (AvgIpc) is 2.63. The third kappa shape index (κ3) is 5.28. The molecule has 26 heavy (non-hydrogen) atoms. The van der Waals surface area contributed by atoms with Crippen LogP contribution in [-0.2, 0) is 4.79 Å².